The van der Waals surface area contributed by atoms with Crippen LogP contribution in [0.4, 0.5) is 5.69 Å². The number of hydrogen-bond donors (Lipinski definition) is 3. The van der Waals surface area contributed by atoms with Gasteiger partial charge in [-0.2, -0.15) is 0 Å². The summed E-state index contributed by atoms with van der Waals surface area (Å²) in [5.74, 6) is -0.612. The van der Waals surface area contributed by atoms with Crippen molar-refractivity contribution >= 4 is 41.5 Å². The van der Waals surface area contributed by atoms with Gasteiger partial charge in [-0.1, -0.05) is 11.6 Å². The minimum atomic E-state index is -0.847. The van der Waals surface area contributed by atoms with Crippen LogP contribution in [0.15, 0.2) is 12.1 Å². The largest absolute Gasteiger partial charge is 0.496 e. The molecule has 0 unspecified atom stereocenters. The SMILES string of the molecule is COc1cc(N)c(Cl)cc1C(=O)NCC(C)(C)C(N)=O.Cl. The summed E-state index contributed by atoms with van der Waals surface area (Å²) in [5.41, 5.74) is 10.6. The average molecular weight is 336 g/mol. The van der Waals surface area contributed by atoms with Gasteiger partial charge in [0.25, 0.3) is 5.91 Å². The number of methoxy groups -OCH3 is 1. The van der Waals surface area contributed by atoms with Gasteiger partial charge in [-0.3, -0.25) is 9.59 Å². The fraction of sp³-hybridized carbons (Fsp3) is 0.385. The average Bonchev–Trinajstić information content (AvgIpc) is 2.38. The lowest BCUT2D eigenvalue weighted by atomic mass is 9.92. The van der Waals surface area contributed by atoms with E-state index in [4.69, 9.17) is 27.8 Å². The number of hydrogen-bond acceptors (Lipinski definition) is 4. The molecule has 0 atom stereocenters. The van der Waals surface area contributed by atoms with Crippen molar-refractivity contribution in [2.24, 2.45) is 11.1 Å². The molecule has 5 N–H and O–H groups in total. The topological polar surface area (TPSA) is 107 Å². The first-order chi connectivity index (χ1) is 9.19. The van der Waals surface area contributed by atoms with E-state index in [2.05, 4.69) is 5.32 Å². The summed E-state index contributed by atoms with van der Waals surface area (Å²) in [6.07, 6.45) is 0. The zero-order chi connectivity index (χ0) is 15.5. The molecular formula is C13H19Cl2N3O3. The Hall–Kier alpha value is -1.66. The Bertz CT molecular complexity index is 548. The van der Waals surface area contributed by atoms with Crippen LogP contribution in [0.3, 0.4) is 0 Å². The molecule has 0 aliphatic heterocycles. The smallest absolute Gasteiger partial charge is 0.255 e. The summed E-state index contributed by atoms with van der Waals surface area (Å²) in [6.45, 7) is 3.39. The molecule has 0 heterocycles. The van der Waals surface area contributed by atoms with Gasteiger partial charge < -0.3 is 21.5 Å². The molecule has 8 heteroatoms. The Morgan fingerprint density at radius 3 is 2.43 bits per heavy atom. The van der Waals surface area contributed by atoms with Crippen molar-refractivity contribution in [3.05, 3.63) is 22.7 Å². The summed E-state index contributed by atoms with van der Waals surface area (Å²) in [7, 11) is 1.42. The number of carbonyl (C=O) groups excluding carboxylic acids is 2. The predicted octanol–water partition coefficient (Wildman–Crippen LogP) is 1.59. The highest BCUT2D eigenvalue weighted by atomic mass is 35.5. The second-order valence-corrected chi connectivity index (χ2v) is 5.41. The number of primary amides is 1. The highest BCUT2D eigenvalue weighted by molar-refractivity contribution is 6.33. The molecule has 0 aliphatic carbocycles. The van der Waals surface area contributed by atoms with E-state index in [-0.39, 0.29) is 29.5 Å². The number of rotatable bonds is 5. The first-order valence-electron chi connectivity index (χ1n) is 5.90. The molecular weight excluding hydrogens is 317 g/mol. The summed E-state index contributed by atoms with van der Waals surface area (Å²) in [4.78, 5) is 23.3. The van der Waals surface area contributed by atoms with Crippen LogP contribution in [0.1, 0.15) is 24.2 Å². The number of nitrogens with two attached hydrogens (primary N) is 2. The highest BCUT2D eigenvalue weighted by Crippen LogP contribution is 2.28. The van der Waals surface area contributed by atoms with Crippen LogP contribution < -0.4 is 21.5 Å². The van der Waals surface area contributed by atoms with Gasteiger partial charge in [0.1, 0.15) is 5.75 Å². The van der Waals surface area contributed by atoms with Crippen LogP contribution in [-0.4, -0.2) is 25.5 Å². The van der Waals surface area contributed by atoms with Crippen LogP contribution in [0.5, 0.6) is 5.75 Å². The Labute approximate surface area is 134 Å². The van der Waals surface area contributed by atoms with Crippen molar-refractivity contribution in [3.8, 4) is 5.75 Å². The van der Waals surface area contributed by atoms with E-state index in [1.165, 1.54) is 19.2 Å². The van der Waals surface area contributed by atoms with Crippen molar-refractivity contribution in [2.45, 2.75) is 13.8 Å². The van der Waals surface area contributed by atoms with Gasteiger partial charge in [0.15, 0.2) is 0 Å². The molecule has 6 nitrogen and oxygen atoms in total. The number of benzene rings is 1. The van der Waals surface area contributed by atoms with Crippen LogP contribution in [-0.2, 0) is 4.79 Å². The Morgan fingerprint density at radius 2 is 1.95 bits per heavy atom. The second-order valence-electron chi connectivity index (χ2n) is 5.00. The molecule has 2 amide bonds. The van der Waals surface area contributed by atoms with Gasteiger partial charge in [0, 0.05) is 12.6 Å². The Morgan fingerprint density at radius 1 is 1.38 bits per heavy atom. The van der Waals surface area contributed by atoms with E-state index in [0.717, 1.165) is 0 Å². The molecule has 0 spiro atoms. The fourth-order valence-corrected chi connectivity index (χ4v) is 1.56. The number of halogens is 2. The molecule has 0 saturated carbocycles. The summed E-state index contributed by atoms with van der Waals surface area (Å²) in [6, 6.07) is 2.89. The molecule has 21 heavy (non-hydrogen) atoms. The molecule has 0 fully saturated rings. The van der Waals surface area contributed by atoms with Crippen molar-refractivity contribution in [1.29, 1.82) is 0 Å². The third-order valence-corrected chi connectivity index (χ3v) is 3.25. The lowest BCUT2D eigenvalue weighted by Crippen LogP contribution is -2.42. The van der Waals surface area contributed by atoms with Gasteiger partial charge in [-0.25, -0.2) is 0 Å². The van der Waals surface area contributed by atoms with Gasteiger partial charge in [-0.15, -0.1) is 12.4 Å². The Balaban J connectivity index is 0.00000400. The van der Waals surface area contributed by atoms with Crippen LogP contribution in [0, 0.1) is 5.41 Å². The number of anilines is 1. The number of nitrogen functional groups attached to an aromatic ring is 1. The van der Waals surface area contributed by atoms with Crippen molar-refractivity contribution in [1.82, 2.24) is 5.32 Å². The lowest BCUT2D eigenvalue weighted by molar-refractivity contribution is -0.125. The van der Waals surface area contributed by atoms with Crippen LogP contribution in [0.2, 0.25) is 5.02 Å². The Kier molecular flexibility index (Phi) is 6.79. The first-order valence-corrected chi connectivity index (χ1v) is 6.28. The van der Waals surface area contributed by atoms with E-state index in [0.29, 0.717) is 11.4 Å². The second kappa shape index (κ2) is 7.38. The molecule has 118 valence electrons. The van der Waals surface area contributed by atoms with Crippen molar-refractivity contribution in [3.63, 3.8) is 0 Å². The van der Waals surface area contributed by atoms with E-state index >= 15 is 0 Å². The zero-order valence-electron chi connectivity index (χ0n) is 12.0. The minimum Gasteiger partial charge on any atom is -0.496 e. The van der Waals surface area contributed by atoms with Gasteiger partial charge in [0.05, 0.1) is 28.8 Å². The molecule has 1 aromatic rings. The third-order valence-electron chi connectivity index (χ3n) is 2.92. The lowest BCUT2D eigenvalue weighted by Gasteiger charge is -2.21. The maximum atomic E-state index is 12.1. The van der Waals surface area contributed by atoms with E-state index in [9.17, 15) is 9.59 Å². The first kappa shape index (κ1) is 19.3. The summed E-state index contributed by atoms with van der Waals surface area (Å²) in [5, 5.41) is 2.88. The standard InChI is InChI=1S/C13H18ClN3O3.ClH/c1-13(2,12(16)19)6-17-11(18)7-4-8(14)9(15)5-10(7)20-3;/h4-5H,6,15H2,1-3H3,(H2,16,19)(H,17,18);1H. The summed E-state index contributed by atoms with van der Waals surface area (Å²) < 4.78 is 5.09. The normalized spacial score (nSPS) is 10.5. The quantitative estimate of drug-likeness (QED) is 0.710. The van der Waals surface area contributed by atoms with E-state index < -0.39 is 17.2 Å². The highest BCUT2D eigenvalue weighted by Gasteiger charge is 2.26. The minimum absolute atomic E-state index is 0. The van der Waals surface area contributed by atoms with Crippen molar-refractivity contribution < 1.29 is 14.3 Å². The number of ether oxygens (including phenoxy) is 1. The predicted molar refractivity (Wildman–Crippen MR) is 85.0 cm³/mol. The van der Waals surface area contributed by atoms with Crippen LogP contribution >= 0.6 is 24.0 Å². The monoisotopic (exact) mass is 335 g/mol. The summed E-state index contributed by atoms with van der Waals surface area (Å²) >= 11 is 5.89. The molecule has 1 rings (SSSR count). The molecule has 0 radical (unpaired) electrons. The van der Waals surface area contributed by atoms with Gasteiger partial charge in [0.2, 0.25) is 5.91 Å². The number of carbonyl (C=O) groups is 2. The molecule has 0 saturated heterocycles. The van der Waals surface area contributed by atoms with E-state index in [1.807, 2.05) is 0 Å². The molecule has 0 bridgehead atoms. The zero-order valence-corrected chi connectivity index (χ0v) is 13.6. The maximum absolute atomic E-state index is 12.1. The maximum Gasteiger partial charge on any atom is 0.255 e. The van der Waals surface area contributed by atoms with Gasteiger partial charge in [-0.05, 0) is 19.9 Å². The molecule has 0 aromatic heterocycles. The molecule has 0 aliphatic rings. The van der Waals surface area contributed by atoms with Crippen molar-refractivity contribution in [2.75, 3.05) is 19.4 Å². The number of nitrogens with one attached hydrogen (secondary N) is 1. The van der Waals surface area contributed by atoms with Gasteiger partial charge >= 0.3 is 0 Å². The third kappa shape index (κ3) is 4.68. The van der Waals surface area contributed by atoms with E-state index in [1.54, 1.807) is 13.8 Å². The molecule has 1 aromatic carbocycles. The number of amides is 2. The van der Waals surface area contributed by atoms with Crippen LogP contribution in [0.25, 0.3) is 0 Å². The fourth-order valence-electron chi connectivity index (χ4n) is 1.40.